The zero-order valence-electron chi connectivity index (χ0n) is 22.2. The van der Waals surface area contributed by atoms with Gasteiger partial charge in [-0.15, -0.1) is 0 Å². The number of piperidine rings is 1. The fourth-order valence-corrected chi connectivity index (χ4v) is 5.37. The highest BCUT2D eigenvalue weighted by molar-refractivity contribution is 5.73. The maximum absolute atomic E-state index is 11.6. The molecule has 7 nitrogen and oxygen atoms in total. The summed E-state index contributed by atoms with van der Waals surface area (Å²) in [5, 5.41) is 0. The molecule has 7 heteroatoms. The zero-order chi connectivity index (χ0) is 25.3. The highest BCUT2D eigenvalue weighted by Gasteiger charge is 2.21. The van der Waals surface area contributed by atoms with E-state index in [1.807, 2.05) is 23.2 Å². The summed E-state index contributed by atoms with van der Waals surface area (Å²) in [7, 11) is 1.69. The molecule has 1 amide bonds. The van der Waals surface area contributed by atoms with Crippen molar-refractivity contribution in [2.24, 2.45) is 11.8 Å². The lowest BCUT2D eigenvalue weighted by atomic mass is 9.91. The summed E-state index contributed by atoms with van der Waals surface area (Å²) >= 11 is 0. The summed E-state index contributed by atoms with van der Waals surface area (Å²) in [6, 6.07) is 8.14. The van der Waals surface area contributed by atoms with Gasteiger partial charge in [-0.3, -0.25) is 4.79 Å². The number of carbonyl (C=O) groups excluding carboxylic acids is 1. The van der Waals surface area contributed by atoms with E-state index < -0.39 is 0 Å². The van der Waals surface area contributed by atoms with Crippen molar-refractivity contribution in [1.29, 1.82) is 0 Å². The van der Waals surface area contributed by atoms with Crippen molar-refractivity contribution in [2.45, 2.75) is 58.8 Å². The predicted octanol–water partition coefficient (Wildman–Crippen LogP) is 4.38. The molecule has 2 aliphatic heterocycles. The fraction of sp³-hybridized carbons (Fsp3) is 0.621. The van der Waals surface area contributed by atoms with E-state index in [2.05, 4.69) is 28.9 Å². The number of likely N-dealkylation sites (tertiary alicyclic amines) is 2. The number of aryl methyl sites for hydroxylation is 1. The van der Waals surface area contributed by atoms with Crippen LogP contribution >= 0.6 is 0 Å². The number of aromatic nitrogens is 2. The molecule has 1 aromatic carbocycles. The Labute approximate surface area is 216 Å². The average Bonchev–Trinajstić information content (AvgIpc) is 3.40. The highest BCUT2D eigenvalue weighted by atomic mass is 16.5. The van der Waals surface area contributed by atoms with Crippen LogP contribution in [-0.2, 0) is 17.6 Å². The van der Waals surface area contributed by atoms with Crippen LogP contribution in [0.25, 0.3) is 0 Å². The summed E-state index contributed by atoms with van der Waals surface area (Å²) in [5.41, 5.74) is 2.21. The standard InChI is InChI=1S/C29H42N4O3/c1-22(20-32-14-4-5-15-32)21-36-28-18-25(7-9-27(28)35-3)19-29-30-13-10-26(31-29)8-6-24-11-16-33(17-12-24)23(2)34/h7,9-10,13,18,22,24H,4-6,8,11-12,14-17,19-21H2,1-3H3. The summed E-state index contributed by atoms with van der Waals surface area (Å²) < 4.78 is 11.8. The second kappa shape index (κ2) is 13.0. The number of methoxy groups -OCH3 is 1. The molecule has 2 aromatic rings. The number of carbonyl (C=O) groups is 1. The molecule has 2 saturated heterocycles. The van der Waals surface area contributed by atoms with Crippen LogP contribution in [0.3, 0.4) is 0 Å². The minimum Gasteiger partial charge on any atom is -0.493 e. The monoisotopic (exact) mass is 494 g/mol. The SMILES string of the molecule is COc1ccc(Cc2nccc(CCC3CCN(C(C)=O)CC3)n2)cc1OCC(C)CN1CCCC1. The van der Waals surface area contributed by atoms with Crippen molar-refractivity contribution < 1.29 is 14.3 Å². The average molecular weight is 495 g/mol. The molecule has 0 aliphatic carbocycles. The maximum Gasteiger partial charge on any atom is 0.219 e. The van der Waals surface area contributed by atoms with Crippen molar-refractivity contribution in [1.82, 2.24) is 19.8 Å². The number of rotatable bonds is 11. The van der Waals surface area contributed by atoms with Crippen LogP contribution in [-0.4, -0.2) is 72.1 Å². The molecular formula is C29H42N4O3. The minimum atomic E-state index is 0.192. The Balaban J connectivity index is 1.30. The molecule has 0 bridgehead atoms. The number of amides is 1. The lowest BCUT2D eigenvalue weighted by molar-refractivity contribution is -0.130. The molecule has 0 saturated carbocycles. The first-order valence-electron chi connectivity index (χ1n) is 13.6. The fourth-order valence-electron chi connectivity index (χ4n) is 5.37. The van der Waals surface area contributed by atoms with Gasteiger partial charge in [0, 0.05) is 50.8 Å². The number of nitrogens with zero attached hydrogens (tertiary/aromatic N) is 4. The number of ether oxygens (including phenoxy) is 2. The van der Waals surface area contributed by atoms with E-state index in [9.17, 15) is 4.79 Å². The molecule has 4 rings (SSSR count). The Morgan fingerprint density at radius 2 is 1.89 bits per heavy atom. The van der Waals surface area contributed by atoms with Gasteiger partial charge in [-0.25, -0.2) is 9.97 Å². The molecule has 196 valence electrons. The first-order valence-corrected chi connectivity index (χ1v) is 13.6. The van der Waals surface area contributed by atoms with Crippen molar-refractivity contribution in [2.75, 3.05) is 46.4 Å². The van der Waals surface area contributed by atoms with Crippen LogP contribution in [0.2, 0.25) is 0 Å². The van der Waals surface area contributed by atoms with E-state index in [0.717, 1.165) is 73.9 Å². The molecule has 1 atom stereocenters. The number of hydrogen-bond donors (Lipinski definition) is 0. The topological polar surface area (TPSA) is 67.8 Å². The summed E-state index contributed by atoms with van der Waals surface area (Å²) in [4.78, 5) is 25.4. The van der Waals surface area contributed by atoms with E-state index in [-0.39, 0.29) is 5.91 Å². The quantitative estimate of drug-likeness (QED) is 0.462. The Morgan fingerprint density at radius 3 is 2.61 bits per heavy atom. The van der Waals surface area contributed by atoms with E-state index in [1.54, 1.807) is 14.0 Å². The first-order chi connectivity index (χ1) is 17.5. The maximum atomic E-state index is 11.6. The Morgan fingerprint density at radius 1 is 1.11 bits per heavy atom. The van der Waals surface area contributed by atoms with Crippen molar-refractivity contribution in [3.63, 3.8) is 0 Å². The van der Waals surface area contributed by atoms with Gasteiger partial charge in [0.15, 0.2) is 11.5 Å². The van der Waals surface area contributed by atoms with Crippen LogP contribution in [0.4, 0.5) is 0 Å². The van der Waals surface area contributed by atoms with Crippen molar-refractivity contribution in [3.8, 4) is 11.5 Å². The van der Waals surface area contributed by atoms with Gasteiger partial charge in [0.25, 0.3) is 0 Å². The van der Waals surface area contributed by atoms with Gasteiger partial charge >= 0.3 is 0 Å². The molecule has 1 unspecified atom stereocenters. The molecule has 0 radical (unpaired) electrons. The smallest absolute Gasteiger partial charge is 0.219 e. The van der Waals surface area contributed by atoms with Crippen LogP contribution in [0.5, 0.6) is 11.5 Å². The van der Waals surface area contributed by atoms with Gasteiger partial charge in [0.2, 0.25) is 5.91 Å². The number of hydrogen-bond acceptors (Lipinski definition) is 6. The van der Waals surface area contributed by atoms with Crippen LogP contribution in [0.1, 0.15) is 63.0 Å². The van der Waals surface area contributed by atoms with Crippen molar-refractivity contribution in [3.05, 3.63) is 47.5 Å². The summed E-state index contributed by atoms with van der Waals surface area (Å²) in [5.74, 6) is 3.70. The van der Waals surface area contributed by atoms with E-state index in [0.29, 0.717) is 24.9 Å². The molecule has 2 fully saturated rings. The lowest BCUT2D eigenvalue weighted by Crippen LogP contribution is -2.37. The second-order valence-corrected chi connectivity index (χ2v) is 10.5. The predicted molar refractivity (Wildman–Crippen MR) is 141 cm³/mol. The van der Waals surface area contributed by atoms with E-state index >= 15 is 0 Å². The molecule has 3 heterocycles. The molecule has 2 aliphatic rings. The third-order valence-electron chi connectivity index (χ3n) is 7.51. The Kier molecular flexibility index (Phi) is 9.56. The van der Waals surface area contributed by atoms with Crippen LogP contribution in [0.15, 0.2) is 30.5 Å². The van der Waals surface area contributed by atoms with Gasteiger partial charge in [-0.1, -0.05) is 13.0 Å². The normalized spacial score (nSPS) is 17.8. The minimum absolute atomic E-state index is 0.192. The van der Waals surface area contributed by atoms with E-state index in [1.165, 1.54) is 25.9 Å². The lowest BCUT2D eigenvalue weighted by Gasteiger charge is -2.31. The largest absolute Gasteiger partial charge is 0.493 e. The molecule has 36 heavy (non-hydrogen) atoms. The van der Waals surface area contributed by atoms with Gasteiger partial charge in [-0.2, -0.15) is 0 Å². The third kappa shape index (κ3) is 7.66. The van der Waals surface area contributed by atoms with E-state index in [4.69, 9.17) is 14.5 Å². The Bertz CT molecular complexity index is 984. The van der Waals surface area contributed by atoms with Gasteiger partial charge in [0.05, 0.1) is 13.7 Å². The first kappa shape index (κ1) is 26.4. The van der Waals surface area contributed by atoms with Gasteiger partial charge in [-0.05, 0) is 81.3 Å². The Hall–Kier alpha value is -2.67. The van der Waals surface area contributed by atoms with Gasteiger partial charge in [0.1, 0.15) is 5.82 Å². The third-order valence-corrected chi connectivity index (χ3v) is 7.51. The van der Waals surface area contributed by atoms with Crippen LogP contribution in [0, 0.1) is 11.8 Å². The summed E-state index contributed by atoms with van der Waals surface area (Å²) in [6.07, 6.45) is 9.39. The zero-order valence-corrected chi connectivity index (χ0v) is 22.2. The molecular weight excluding hydrogens is 452 g/mol. The molecule has 0 spiro atoms. The number of benzene rings is 1. The molecule has 1 aromatic heterocycles. The molecule has 0 N–H and O–H groups in total. The van der Waals surface area contributed by atoms with Crippen molar-refractivity contribution >= 4 is 5.91 Å². The van der Waals surface area contributed by atoms with Crippen LogP contribution < -0.4 is 9.47 Å². The second-order valence-electron chi connectivity index (χ2n) is 10.5. The highest BCUT2D eigenvalue weighted by Crippen LogP contribution is 2.29. The van der Waals surface area contributed by atoms with Gasteiger partial charge < -0.3 is 19.3 Å². The summed E-state index contributed by atoms with van der Waals surface area (Å²) in [6.45, 7) is 9.86.